The summed E-state index contributed by atoms with van der Waals surface area (Å²) in [4.78, 5) is 11.5. The molecule has 49 valence electrons. The zero-order valence-electron chi connectivity index (χ0n) is 4.67. The average Bonchev–Trinajstić information content (AvgIpc) is 1.96. The van der Waals surface area contributed by atoms with Crippen LogP contribution in [0.2, 0.25) is 0 Å². The van der Waals surface area contributed by atoms with Crippen molar-refractivity contribution in [3.8, 4) is 0 Å². The maximum atomic E-state index is 7.75. The van der Waals surface area contributed by atoms with Crippen LogP contribution >= 0.6 is 0 Å². The third-order valence-electron chi connectivity index (χ3n) is 0.566. The van der Waals surface area contributed by atoms with Gasteiger partial charge in [-0.1, -0.05) is 6.07 Å². The number of aromatic nitrogens is 1. The van der Waals surface area contributed by atoms with Gasteiger partial charge in [-0.15, -0.1) is 0 Å². The van der Waals surface area contributed by atoms with E-state index in [1.165, 1.54) is 0 Å². The second kappa shape index (κ2) is 10.4. The van der Waals surface area contributed by atoms with Crippen LogP contribution in [0.25, 0.3) is 0 Å². The molecule has 0 unspecified atom stereocenters. The van der Waals surface area contributed by atoms with E-state index in [9.17, 15) is 0 Å². The average molecular weight is 209 g/mol. The topological polar surface area (TPSA) is 30.0 Å². The zero-order chi connectivity index (χ0) is 6.24. The summed E-state index contributed by atoms with van der Waals surface area (Å²) in [7, 11) is 0. The summed E-state index contributed by atoms with van der Waals surface area (Å²) in [6.07, 6.45) is 3.50. The van der Waals surface area contributed by atoms with E-state index >= 15 is 0 Å². The Morgan fingerprint density at radius 3 is 1.56 bits per heavy atom. The van der Waals surface area contributed by atoms with Crippen molar-refractivity contribution < 1.29 is 24.3 Å². The van der Waals surface area contributed by atoms with Gasteiger partial charge in [-0.25, -0.2) is 0 Å². The summed E-state index contributed by atoms with van der Waals surface area (Å²) in [5.74, 6) is 0. The van der Waals surface area contributed by atoms with Crippen molar-refractivity contribution in [3.63, 3.8) is 0 Å². The Kier molecular flexibility index (Phi) is 13.1. The Balaban J connectivity index is 0. The third kappa shape index (κ3) is 7.44. The second-order valence-corrected chi connectivity index (χ2v) is 1.02. The SMILES string of the molecule is [CH-]=O.[Ru+].c1ccncc1. The molecule has 0 amide bonds. The molecule has 0 aromatic carbocycles. The van der Waals surface area contributed by atoms with Crippen molar-refractivity contribution in [3.05, 3.63) is 30.6 Å². The van der Waals surface area contributed by atoms with Gasteiger partial charge >= 0.3 is 19.5 Å². The fourth-order valence-electron chi connectivity index (χ4n) is 0.313. The quantitative estimate of drug-likeness (QED) is 0.359. The fraction of sp³-hybridized carbons (Fsp3) is 0. The summed E-state index contributed by atoms with van der Waals surface area (Å²) < 4.78 is 0. The fourth-order valence-corrected chi connectivity index (χ4v) is 0.313. The molecule has 1 radical (unpaired) electrons. The molecule has 1 aromatic rings. The van der Waals surface area contributed by atoms with Gasteiger partial charge in [0.15, 0.2) is 0 Å². The van der Waals surface area contributed by atoms with Gasteiger partial charge in [0.1, 0.15) is 0 Å². The van der Waals surface area contributed by atoms with Crippen molar-refractivity contribution in [2.75, 3.05) is 0 Å². The first-order valence-electron chi connectivity index (χ1n) is 2.09. The van der Waals surface area contributed by atoms with E-state index in [-0.39, 0.29) is 19.5 Å². The van der Waals surface area contributed by atoms with Crippen molar-refractivity contribution in [2.24, 2.45) is 0 Å². The van der Waals surface area contributed by atoms with Crippen molar-refractivity contribution in [1.82, 2.24) is 4.98 Å². The van der Waals surface area contributed by atoms with Crippen molar-refractivity contribution in [1.29, 1.82) is 0 Å². The predicted molar refractivity (Wildman–Crippen MR) is 31.0 cm³/mol. The minimum Gasteiger partial charge on any atom is -0.545 e. The van der Waals surface area contributed by atoms with E-state index in [1.54, 1.807) is 12.4 Å². The first-order chi connectivity index (χ1) is 4.00. The normalized spacial score (nSPS) is 5.78. The molecule has 0 bridgehead atoms. The standard InChI is InChI=1S/C5H5N.CHO.Ru/c1-2-4-6-5-3-1;1-2;/h1-5H;1H;/q;-1;+1. The van der Waals surface area contributed by atoms with Gasteiger partial charge in [0.05, 0.1) is 0 Å². The number of nitrogens with zero attached hydrogens (tertiary/aromatic N) is 1. The number of rotatable bonds is 0. The third-order valence-corrected chi connectivity index (χ3v) is 0.566. The molecule has 1 heterocycles. The summed E-state index contributed by atoms with van der Waals surface area (Å²) in [5, 5.41) is 0. The molecule has 0 N–H and O–H groups in total. The van der Waals surface area contributed by atoms with Crippen molar-refractivity contribution in [2.45, 2.75) is 0 Å². The van der Waals surface area contributed by atoms with Crippen LogP contribution in [0.4, 0.5) is 0 Å². The summed E-state index contributed by atoms with van der Waals surface area (Å²) >= 11 is 0. The van der Waals surface area contributed by atoms with Crippen LogP contribution in [-0.4, -0.2) is 11.8 Å². The van der Waals surface area contributed by atoms with Crippen molar-refractivity contribution >= 4 is 6.79 Å². The number of hydrogen-bond donors (Lipinski definition) is 0. The maximum absolute atomic E-state index is 7.75. The van der Waals surface area contributed by atoms with Gasteiger partial charge in [0, 0.05) is 12.4 Å². The largest absolute Gasteiger partial charge is 1.00 e. The molecule has 0 fully saturated rings. The molecule has 0 saturated carbocycles. The van der Waals surface area contributed by atoms with E-state index < -0.39 is 0 Å². The molecule has 0 spiro atoms. The molecule has 0 aliphatic carbocycles. The van der Waals surface area contributed by atoms with E-state index in [0.717, 1.165) is 0 Å². The molecule has 1 aromatic heterocycles. The van der Waals surface area contributed by atoms with Gasteiger partial charge in [-0.05, 0) is 12.1 Å². The molecule has 3 heteroatoms. The van der Waals surface area contributed by atoms with Gasteiger partial charge in [0.2, 0.25) is 0 Å². The van der Waals surface area contributed by atoms with Crippen LogP contribution in [-0.2, 0) is 24.3 Å². The minimum atomic E-state index is 0. The van der Waals surface area contributed by atoms with E-state index in [0.29, 0.717) is 0 Å². The van der Waals surface area contributed by atoms with E-state index in [4.69, 9.17) is 4.79 Å². The molecule has 0 aliphatic heterocycles. The molecule has 1 rings (SSSR count). The molecular formula is C6H6NORu. The van der Waals surface area contributed by atoms with Crippen LogP contribution in [0.5, 0.6) is 0 Å². The maximum Gasteiger partial charge on any atom is 1.00 e. The Labute approximate surface area is 67.1 Å². The summed E-state index contributed by atoms with van der Waals surface area (Å²) in [6.45, 7) is 3.25. The Hall–Kier alpha value is -0.557. The zero-order valence-corrected chi connectivity index (χ0v) is 6.41. The van der Waals surface area contributed by atoms with Crippen LogP contribution in [0.3, 0.4) is 0 Å². The number of carbonyl (C=O) groups excluding carboxylic acids is 1. The smallest absolute Gasteiger partial charge is 0.545 e. The van der Waals surface area contributed by atoms with Crippen LogP contribution < -0.4 is 0 Å². The van der Waals surface area contributed by atoms with E-state index in [2.05, 4.69) is 11.8 Å². The van der Waals surface area contributed by atoms with Gasteiger partial charge in [-0.2, -0.15) is 0 Å². The molecule has 2 nitrogen and oxygen atoms in total. The van der Waals surface area contributed by atoms with Crippen LogP contribution in [0.1, 0.15) is 0 Å². The van der Waals surface area contributed by atoms with E-state index in [1.807, 2.05) is 18.2 Å². The number of hydrogen-bond acceptors (Lipinski definition) is 2. The molecule has 9 heavy (non-hydrogen) atoms. The molecule has 0 atom stereocenters. The van der Waals surface area contributed by atoms with Gasteiger partial charge in [-0.3, -0.25) is 11.8 Å². The minimum absolute atomic E-state index is 0. The van der Waals surface area contributed by atoms with Gasteiger partial charge in [0.25, 0.3) is 0 Å². The Morgan fingerprint density at radius 2 is 1.44 bits per heavy atom. The summed E-state index contributed by atoms with van der Waals surface area (Å²) in [6, 6.07) is 5.72. The Morgan fingerprint density at radius 1 is 1.00 bits per heavy atom. The molecule has 0 saturated heterocycles. The first kappa shape index (κ1) is 11.3. The van der Waals surface area contributed by atoms with Crippen LogP contribution in [0.15, 0.2) is 30.6 Å². The van der Waals surface area contributed by atoms with Crippen LogP contribution in [0, 0.1) is 0 Å². The molecule has 0 aliphatic rings. The monoisotopic (exact) mass is 210 g/mol. The first-order valence-corrected chi connectivity index (χ1v) is 2.09. The number of pyridine rings is 1. The Bertz CT molecular complexity index is 95.9. The van der Waals surface area contributed by atoms with Gasteiger partial charge < -0.3 is 4.79 Å². The second-order valence-electron chi connectivity index (χ2n) is 1.02. The summed E-state index contributed by atoms with van der Waals surface area (Å²) in [5.41, 5.74) is 0. The predicted octanol–water partition coefficient (Wildman–Crippen LogP) is 0.805. The molecular weight excluding hydrogens is 203 g/mol.